The lowest BCUT2D eigenvalue weighted by molar-refractivity contribution is 0.0182. The van der Waals surface area contributed by atoms with Crippen LogP contribution in [0.4, 0.5) is 8.78 Å². The smallest absolute Gasteiger partial charge is 0.261 e. The molecule has 1 heterocycles. The third kappa shape index (κ3) is 6.88. The van der Waals surface area contributed by atoms with E-state index in [2.05, 4.69) is 15.5 Å². The van der Waals surface area contributed by atoms with E-state index in [1.165, 1.54) is 0 Å². The fourth-order valence-corrected chi connectivity index (χ4v) is 1.70. The van der Waals surface area contributed by atoms with E-state index in [-0.39, 0.29) is 12.6 Å². The second-order valence-corrected chi connectivity index (χ2v) is 4.23. The molecule has 0 aromatic carbocycles. The molecule has 0 amide bonds. The molecule has 1 N–H and O–H groups in total. The van der Waals surface area contributed by atoms with Crippen LogP contribution >= 0.6 is 0 Å². The maximum Gasteiger partial charge on any atom is 0.261 e. The van der Waals surface area contributed by atoms with Crippen molar-refractivity contribution in [1.29, 1.82) is 0 Å². The van der Waals surface area contributed by atoms with E-state index in [0.717, 1.165) is 6.54 Å². The van der Waals surface area contributed by atoms with Crippen molar-refractivity contribution >= 4 is 0 Å². The van der Waals surface area contributed by atoms with Crippen molar-refractivity contribution in [3.8, 4) is 0 Å². The lowest BCUT2D eigenvalue weighted by Crippen LogP contribution is -2.35. The zero-order chi connectivity index (χ0) is 14.8. The Morgan fingerprint density at radius 2 is 2.15 bits per heavy atom. The summed E-state index contributed by atoms with van der Waals surface area (Å²) in [7, 11) is 1.63. The Morgan fingerprint density at radius 1 is 1.35 bits per heavy atom. The first kappa shape index (κ1) is 16.9. The summed E-state index contributed by atoms with van der Waals surface area (Å²) in [6.07, 6.45) is -1.54. The summed E-state index contributed by atoms with van der Waals surface area (Å²) in [6, 6.07) is 0.105. The molecule has 0 aliphatic heterocycles. The third-order valence-electron chi connectivity index (χ3n) is 2.51. The van der Waals surface area contributed by atoms with Gasteiger partial charge in [0.15, 0.2) is 5.82 Å². The van der Waals surface area contributed by atoms with Crippen LogP contribution in [0.2, 0.25) is 0 Å². The van der Waals surface area contributed by atoms with Crippen molar-refractivity contribution in [2.75, 3.05) is 33.5 Å². The lowest BCUT2D eigenvalue weighted by atomic mass is 10.2. The number of alkyl halides is 2. The normalized spacial score (nSPS) is 13.1. The molecule has 1 rings (SSSR count). The Hall–Kier alpha value is -1.12. The fraction of sp³-hybridized carbons (Fsp3) is 0.833. The van der Waals surface area contributed by atoms with Crippen molar-refractivity contribution in [1.82, 2.24) is 15.5 Å². The molecule has 0 saturated heterocycles. The molecule has 116 valence electrons. The van der Waals surface area contributed by atoms with Gasteiger partial charge in [-0.2, -0.15) is 4.98 Å². The SMILES string of the molecule is CCNC(COC)Cc1nc(CCOCC(F)F)no1. The first-order valence-corrected chi connectivity index (χ1v) is 6.55. The first-order chi connectivity index (χ1) is 9.65. The second kappa shape index (κ2) is 9.73. The van der Waals surface area contributed by atoms with Crippen LogP contribution in [0.25, 0.3) is 0 Å². The molecule has 0 saturated carbocycles. The summed E-state index contributed by atoms with van der Waals surface area (Å²) in [5.74, 6) is 0.957. The highest BCUT2D eigenvalue weighted by atomic mass is 19.3. The Bertz CT molecular complexity index is 357. The summed E-state index contributed by atoms with van der Waals surface area (Å²) in [5, 5.41) is 7.03. The second-order valence-electron chi connectivity index (χ2n) is 4.23. The van der Waals surface area contributed by atoms with Crippen LogP contribution in [0.15, 0.2) is 4.52 Å². The molecule has 0 spiro atoms. The Balaban J connectivity index is 2.34. The minimum Gasteiger partial charge on any atom is -0.383 e. The van der Waals surface area contributed by atoms with Gasteiger partial charge < -0.3 is 19.3 Å². The van der Waals surface area contributed by atoms with Gasteiger partial charge in [0.2, 0.25) is 5.89 Å². The van der Waals surface area contributed by atoms with Crippen LogP contribution in [0.5, 0.6) is 0 Å². The van der Waals surface area contributed by atoms with Gasteiger partial charge in [0.05, 0.1) is 13.2 Å². The highest BCUT2D eigenvalue weighted by molar-refractivity contribution is 4.90. The standard InChI is InChI=1S/C12H21F2N3O3/c1-3-15-9(7-18-2)6-12-16-11(17-20-12)4-5-19-8-10(13)14/h9-10,15H,3-8H2,1-2H3. The monoisotopic (exact) mass is 293 g/mol. The van der Waals surface area contributed by atoms with Gasteiger partial charge in [0.25, 0.3) is 6.43 Å². The number of nitrogens with zero attached hydrogens (tertiary/aromatic N) is 2. The summed E-state index contributed by atoms with van der Waals surface area (Å²) < 4.78 is 38.7. The van der Waals surface area contributed by atoms with Gasteiger partial charge in [-0.25, -0.2) is 8.78 Å². The van der Waals surface area contributed by atoms with Crippen LogP contribution in [0, 0.1) is 0 Å². The predicted molar refractivity (Wildman–Crippen MR) is 67.9 cm³/mol. The summed E-state index contributed by atoms with van der Waals surface area (Å²) in [5.41, 5.74) is 0. The van der Waals surface area contributed by atoms with E-state index in [9.17, 15) is 8.78 Å². The molecule has 0 bridgehead atoms. The molecule has 1 atom stereocenters. The maximum atomic E-state index is 11.9. The van der Waals surface area contributed by atoms with Crippen molar-refractivity contribution < 1.29 is 22.8 Å². The lowest BCUT2D eigenvalue weighted by Gasteiger charge is -2.14. The molecule has 1 aromatic rings. The highest BCUT2D eigenvalue weighted by Gasteiger charge is 2.14. The van der Waals surface area contributed by atoms with E-state index >= 15 is 0 Å². The van der Waals surface area contributed by atoms with Crippen molar-refractivity contribution in [2.24, 2.45) is 0 Å². The van der Waals surface area contributed by atoms with Crippen LogP contribution in [0.3, 0.4) is 0 Å². The minimum absolute atomic E-state index is 0.105. The number of halogens is 2. The van der Waals surface area contributed by atoms with Gasteiger partial charge >= 0.3 is 0 Å². The number of aromatic nitrogens is 2. The predicted octanol–water partition coefficient (Wildman–Crippen LogP) is 1.06. The number of likely N-dealkylation sites (N-methyl/N-ethyl adjacent to an activating group) is 1. The molecular formula is C12H21F2N3O3. The molecule has 20 heavy (non-hydrogen) atoms. The fourth-order valence-electron chi connectivity index (χ4n) is 1.70. The molecule has 0 aliphatic rings. The number of nitrogens with one attached hydrogen (secondary N) is 1. The van der Waals surface area contributed by atoms with E-state index in [1.54, 1.807) is 7.11 Å². The third-order valence-corrected chi connectivity index (χ3v) is 2.51. The first-order valence-electron chi connectivity index (χ1n) is 6.55. The molecule has 1 aromatic heterocycles. The Labute approximate surface area is 116 Å². The Kier molecular flexibility index (Phi) is 8.24. The number of rotatable bonds is 11. The summed E-state index contributed by atoms with van der Waals surface area (Å²) >= 11 is 0. The molecule has 0 radical (unpaired) electrons. The zero-order valence-electron chi connectivity index (χ0n) is 11.8. The van der Waals surface area contributed by atoms with Crippen LogP contribution in [0.1, 0.15) is 18.6 Å². The topological polar surface area (TPSA) is 69.4 Å². The van der Waals surface area contributed by atoms with Gasteiger partial charge in [0, 0.05) is 26.0 Å². The average molecular weight is 293 g/mol. The number of ether oxygens (including phenoxy) is 2. The number of hydrogen-bond donors (Lipinski definition) is 1. The van der Waals surface area contributed by atoms with Crippen LogP contribution in [-0.2, 0) is 22.3 Å². The van der Waals surface area contributed by atoms with Crippen molar-refractivity contribution in [3.63, 3.8) is 0 Å². The van der Waals surface area contributed by atoms with Crippen LogP contribution < -0.4 is 5.32 Å². The van der Waals surface area contributed by atoms with Crippen LogP contribution in [-0.4, -0.2) is 56.1 Å². The number of methoxy groups -OCH3 is 1. The molecule has 8 heteroatoms. The van der Waals surface area contributed by atoms with Gasteiger partial charge in [0.1, 0.15) is 6.61 Å². The molecular weight excluding hydrogens is 272 g/mol. The largest absolute Gasteiger partial charge is 0.383 e. The van der Waals surface area contributed by atoms with Gasteiger partial charge in [-0.3, -0.25) is 0 Å². The summed E-state index contributed by atoms with van der Waals surface area (Å²) in [4.78, 5) is 4.19. The average Bonchev–Trinajstić information content (AvgIpc) is 2.83. The van der Waals surface area contributed by atoms with Crippen molar-refractivity contribution in [3.05, 3.63) is 11.7 Å². The van der Waals surface area contributed by atoms with Gasteiger partial charge in [-0.15, -0.1) is 0 Å². The molecule has 6 nitrogen and oxygen atoms in total. The van der Waals surface area contributed by atoms with Gasteiger partial charge in [-0.1, -0.05) is 12.1 Å². The zero-order valence-corrected chi connectivity index (χ0v) is 11.8. The molecule has 0 fully saturated rings. The van der Waals surface area contributed by atoms with Crippen molar-refractivity contribution in [2.45, 2.75) is 32.2 Å². The van der Waals surface area contributed by atoms with E-state index in [0.29, 0.717) is 31.2 Å². The van der Waals surface area contributed by atoms with E-state index < -0.39 is 13.0 Å². The van der Waals surface area contributed by atoms with Gasteiger partial charge in [-0.05, 0) is 6.54 Å². The number of hydrogen-bond acceptors (Lipinski definition) is 6. The Morgan fingerprint density at radius 3 is 2.80 bits per heavy atom. The molecule has 0 aliphatic carbocycles. The minimum atomic E-state index is -2.45. The highest BCUT2D eigenvalue weighted by Crippen LogP contribution is 2.03. The maximum absolute atomic E-state index is 11.9. The molecule has 1 unspecified atom stereocenters. The summed E-state index contributed by atoms with van der Waals surface area (Å²) in [6.45, 7) is 2.95. The van der Waals surface area contributed by atoms with E-state index in [1.807, 2.05) is 6.92 Å². The van der Waals surface area contributed by atoms with E-state index in [4.69, 9.17) is 14.0 Å². The quantitative estimate of drug-likeness (QED) is 0.615.